The highest BCUT2D eigenvalue weighted by Crippen LogP contribution is 2.05. The summed E-state index contributed by atoms with van der Waals surface area (Å²) in [6.45, 7) is 3.14. The highest BCUT2D eigenvalue weighted by Gasteiger charge is 2.10. The van der Waals surface area contributed by atoms with Gasteiger partial charge >= 0.3 is 5.97 Å². The summed E-state index contributed by atoms with van der Waals surface area (Å²) in [6, 6.07) is 1.73. The van der Waals surface area contributed by atoms with Crippen molar-refractivity contribution in [2.75, 3.05) is 6.61 Å². The Hall–Kier alpha value is -2.04. The summed E-state index contributed by atoms with van der Waals surface area (Å²) < 4.78 is 4.77. The molecule has 1 rings (SSSR count). The van der Waals surface area contributed by atoms with Crippen LogP contribution >= 0.6 is 0 Å². The first kappa shape index (κ1) is 14.0. The van der Waals surface area contributed by atoms with E-state index in [0.29, 0.717) is 5.56 Å². The summed E-state index contributed by atoms with van der Waals surface area (Å²) >= 11 is 0. The molecule has 0 fully saturated rings. The van der Waals surface area contributed by atoms with E-state index in [1.807, 2.05) is 6.92 Å². The lowest BCUT2D eigenvalue weighted by atomic mass is 10.1. The van der Waals surface area contributed by atoms with Crippen LogP contribution in [0.1, 0.15) is 35.7 Å². The van der Waals surface area contributed by atoms with E-state index in [4.69, 9.17) is 4.74 Å². The molecule has 0 saturated heterocycles. The van der Waals surface area contributed by atoms with Gasteiger partial charge in [-0.1, -0.05) is 0 Å². The normalized spacial score (nSPS) is 9.89. The molecular formula is C13H15NO4. The Bertz CT molecular complexity index is 468. The van der Waals surface area contributed by atoms with Crippen molar-refractivity contribution in [3.05, 3.63) is 29.6 Å². The number of pyridine rings is 1. The Morgan fingerprint density at radius 3 is 2.61 bits per heavy atom. The average Bonchev–Trinajstić information content (AvgIpc) is 2.27. The van der Waals surface area contributed by atoms with Crippen LogP contribution in [-0.4, -0.2) is 29.1 Å². The van der Waals surface area contributed by atoms with Crippen molar-refractivity contribution in [3.63, 3.8) is 0 Å². The fourth-order valence-electron chi connectivity index (χ4n) is 1.36. The number of ketones is 2. The van der Waals surface area contributed by atoms with E-state index in [0.717, 1.165) is 5.56 Å². The van der Waals surface area contributed by atoms with Gasteiger partial charge in [-0.3, -0.25) is 19.4 Å². The SMILES string of the molecule is CC(=O)CC(=O)OCCC(=O)c1cncc(C)c1. The smallest absolute Gasteiger partial charge is 0.313 e. The van der Waals surface area contributed by atoms with Crippen molar-refractivity contribution in [1.29, 1.82) is 0 Å². The third-order valence-corrected chi connectivity index (χ3v) is 2.18. The van der Waals surface area contributed by atoms with Crippen LogP contribution in [0.2, 0.25) is 0 Å². The molecule has 0 aromatic carbocycles. The van der Waals surface area contributed by atoms with Crippen LogP contribution < -0.4 is 0 Å². The summed E-state index contributed by atoms with van der Waals surface area (Å²) in [6.07, 6.45) is 2.98. The zero-order valence-corrected chi connectivity index (χ0v) is 10.4. The second-order valence-corrected chi connectivity index (χ2v) is 4.02. The average molecular weight is 249 g/mol. The van der Waals surface area contributed by atoms with Crippen LogP contribution in [-0.2, 0) is 14.3 Å². The van der Waals surface area contributed by atoms with Gasteiger partial charge in [-0.05, 0) is 25.5 Å². The standard InChI is InChI=1S/C13H15NO4/c1-9-5-11(8-14-7-9)12(16)3-4-18-13(17)6-10(2)15/h5,7-8H,3-4,6H2,1-2H3. The van der Waals surface area contributed by atoms with Gasteiger partial charge in [0.05, 0.1) is 6.61 Å². The zero-order chi connectivity index (χ0) is 13.5. The maximum atomic E-state index is 11.7. The minimum atomic E-state index is -0.599. The van der Waals surface area contributed by atoms with Crippen molar-refractivity contribution < 1.29 is 19.1 Å². The van der Waals surface area contributed by atoms with E-state index in [9.17, 15) is 14.4 Å². The maximum Gasteiger partial charge on any atom is 0.313 e. The van der Waals surface area contributed by atoms with E-state index in [1.165, 1.54) is 13.1 Å². The lowest BCUT2D eigenvalue weighted by molar-refractivity contribution is -0.145. The first-order chi connectivity index (χ1) is 8.49. The highest BCUT2D eigenvalue weighted by molar-refractivity contribution is 5.96. The molecule has 1 aromatic heterocycles. The van der Waals surface area contributed by atoms with Gasteiger partial charge in [0, 0.05) is 24.4 Å². The second kappa shape index (κ2) is 6.64. The molecule has 0 radical (unpaired) electrons. The molecule has 0 aliphatic heterocycles. The predicted molar refractivity (Wildman–Crippen MR) is 64.2 cm³/mol. The molecule has 5 heteroatoms. The third kappa shape index (κ3) is 4.86. The fourth-order valence-corrected chi connectivity index (χ4v) is 1.36. The van der Waals surface area contributed by atoms with E-state index >= 15 is 0 Å². The number of ether oxygens (including phenoxy) is 1. The zero-order valence-electron chi connectivity index (χ0n) is 10.4. The van der Waals surface area contributed by atoms with E-state index < -0.39 is 5.97 Å². The summed E-state index contributed by atoms with van der Waals surface area (Å²) in [5, 5.41) is 0. The number of hydrogen-bond donors (Lipinski definition) is 0. The lowest BCUT2D eigenvalue weighted by Crippen LogP contribution is -2.12. The van der Waals surface area contributed by atoms with Crippen molar-refractivity contribution in [1.82, 2.24) is 4.98 Å². The van der Waals surface area contributed by atoms with Crippen molar-refractivity contribution in [2.45, 2.75) is 26.7 Å². The molecule has 0 unspecified atom stereocenters. The summed E-state index contributed by atoms with van der Waals surface area (Å²) in [5.74, 6) is -0.992. The van der Waals surface area contributed by atoms with Gasteiger partial charge in [0.1, 0.15) is 12.2 Å². The third-order valence-electron chi connectivity index (χ3n) is 2.18. The van der Waals surface area contributed by atoms with Crippen LogP contribution in [0.3, 0.4) is 0 Å². The topological polar surface area (TPSA) is 73.3 Å². The Kier molecular flexibility index (Phi) is 5.17. The molecular weight excluding hydrogens is 234 g/mol. The molecule has 0 aliphatic rings. The number of aromatic nitrogens is 1. The molecule has 0 N–H and O–H groups in total. The van der Waals surface area contributed by atoms with Crippen LogP contribution in [0.15, 0.2) is 18.5 Å². The lowest BCUT2D eigenvalue weighted by Gasteiger charge is -2.03. The molecule has 0 aliphatic carbocycles. The largest absolute Gasteiger partial charge is 0.465 e. The maximum absolute atomic E-state index is 11.7. The van der Waals surface area contributed by atoms with Crippen LogP contribution in [0.5, 0.6) is 0 Å². The molecule has 0 atom stereocenters. The van der Waals surface area contributed by atoms with Crippen molar-refractivity contribution >= 4 is 17.5 Å². The van der Waals surface area contributed by atoms with Gasteiger partial charge in [0.2, 0.25) is 0 Å². The van der Waals surface area contributed by atoms with Crippen molar-refractivity contribution in [3.8, 4) is 0 Å². The van der Waals surface area contributed by atoms with Crippen LogP contribution in [0.4, 0.5) is 0 Å². The molecule has 0 saturated carbocycles. The van der Waals surface area contributed by atoms with E-state index in [-0.39, 0.29) is 31.0 Å². The number of esters is 1. The molecule has 0 amide bonds. The van der Waals surface area contributed by atoms with Gasteiger partial charge in [0.15, 0.2) is 5.78 Å². The Labute approximate surface area is 105 Å². The van der Waals surface area contributed by atoms with Crippen LogP contribution in [0.25, 0.3) is 0 Å². The molecule has 0 bridgehead atoms. The second-order valence-electron chi connectivity index (χ2n) is 4.02. The molecule has 18 heavy (non-hydrogen) atoms. The number of hydrogen-bond acceptors (Lipinski definition) is 5. The molecule has 1 heterocycles. The molecule has 0 spiro atoms. The minimum Gasteiger partial charge on any atom is -0.465 e. The molecule has 1 aromatic rings. The van der Waals surface area contributed by atoms with E-state index in [1.54, 1.807) is 12.3 Å². The number of carbonyl (C=O) groups excluding carboxylic acids is 3. The highest BCUT2D eigenvalue weighted by atomic mass is 16.5. The predicted octanol–water partition coefficient (Wildman–Crippen LogP) is 1.49. The van der Waals surface area contributed by atoms with Gasteiger partial charge < -0.3 is 4.74 Å². The van der Waals surface area contributed by atoms with Gasteiger partial charge in [-0.2, -0.15) is 0 Å². The number of carbonyl (C=O) groups is 3. The minimum absolute atomic E-state index is 0.0150. The summed E-state index contributed by atoms with van der Waals surface area (Å²) in [7, 11) is 0. The quantitative estimate of drug-likeness (QED) is 0.434. The Morgan fingerprint density at radius 2 is 2.00 bits per heavy atom. The van der Waals surface area contributed by atoms with Gasteiger partial charge in [-0.15, -0.1) is 0 Å². The number of aryl methyl sites for hydroxylation is 1. The monoisotopic (exact) mass is 249 g/mol. The molecule has 96 valence electrons. The van der Waals surface area contributed by atoms with E-state index in [2.05, 4.69) is 4.98 Å². The summed E-state index contributed by atoms with van der Waals surface area (Å²) in [5.41, 5.74) is 1.40. The molecule has 5 nitrogen and oxygen atoms in total. The van der Waals surface area contributed by atoms with Gasteiger partial charge in [-0.25, -0.2) is 0 Å². The number of nitrogens with zero attached hydrogens (tertiary/aromatic N) is 1. The first-order valence-electron chi connectivity index (χ1n) is 5.59. The van der Waals surface area contributed by atoms with Crippen molar-refractivity contribution in [2.24, 2.45) is 0 Å². The number of Topliss-reactive ketones (excluding diaryl/α,β-unsaturated/α-hetero) is 2. The summed E-state index contributed by atoms with van der Waals surface area (Å²) in [4.78, 5) is 37.3. The Morgan fingerprint density at radius 1 is 1.28 bits per heavy atom. The van der Waals surface area contributed by atoms with Gasteiger partial charge in [0.25, 0.3) is 0 Å². The number of rotatable bonds is 6. The van der Waals surface area contributed by atoms with Crippen LogP contribution in [0, 0.1) is 6.92 Å². The Balaban J connectivity index is 2.38. The first-order valence-corrected chi connectivity index (χ1v) is 5.59. The fraction of sp³-hybridized carbons (Fsp3) is 0.385.